The second-order valence-corrected chi connectivity index (χ2v) is 15.7. The number of hydrogen-bond donors (Lipinski definition) is 10. The Hall–Kier alpha value is -1.05. The average molecular weight is 677 g/mol. The number of ether oxygens (including phenoxy) is 4. The molecule has 0 radical (unpaired) electrons. The maximum Gasteiger partial charge on any atom is 0.314 e. The molecule has 10 N–H and O–H groups in total. The van der Waals surface area contributed by atoms with Crippen molar-refractivity contribution in [3.8, 4) is 0 Å². The van der Waals surface area contributed by atoms with Crippen LogP contribution in [0.1, 0.15) is 65.2 Å². The van der Waals surface area contributed by atoms with E-state index in [2.05, 4.69) is 0 Å². The van der Waals surface area contributed by atoms with Gasteiger partial charge in [0.2, 0.25) is 6.29 Å². The zero-order valence-corrected chi connectivity index (χ0v) is 26.9. The van der Waals surface area contributed by atoms with Crippen LogP contribution >= 0.6 is 0 Å². The molecular weight excluding hydrogens is 624 g/mol. The van der Waals surface area contributed by atoms with Crippen LogP contribution in [0.3, 0.4) is 0 Å². The highest BCUT2D eigenvalue weighted by atomic mass is 16.7. The fourth-order valence-corrected chi connectivity index (χ4v) is 10.9. The van der Waals surface area contributed by atoms with Gasteiger partial charge in [-0.3, -0.25) is 4.79 Å². The van der Waals surface area contributed by atoms with Crippen molar-refractivity contribution in [1.29, 1.82) is 0 Å². The minimum atomic E-state index is -1.77. The van der Waals surface area contributed by atoms with Crippen molar-refractivity contribution >= 4 is 5.97 Å². The maximum atomic E-state index is 14.2. The number of fused-ring (bicyclic) bond motifs is 3. The first-order valence-corrected chi connectivity index (χ1v) is 16.9. The summed E-state index contributed by atoms with van der Waals surface area (Å²) in [4.78, 5) is 14.2. The van der Waals surface area contributed by atoms with Crippen LogP contribution in [0.4, 0.5) is 0 Å². The lowest BCUT2D eigenvalue weighted by molar-refractivity contribution is -0.337. The predicted molar refractivity (Wildman–Crippen MR) is 157 cm³/mol. The molecule has 2 heterocycles. The number of hydrogen-bond acceptors (Lipinski definition) is 15. The molecular formula is C32H52O15. The largest absolute Gasteiger partial charge is 0.432 e. The van der Waals surface area contributed by atoms with Crippen LogP contribution in [0.15, 0.2) is 0 Å². The Kier molecular flexibility index (Phi) is 9.60. The van der Waals surface area contributed by atoms with Gasteiger partial charge in [-0.05, 0) is 81.5 Å². The van der Waals surface area contributed by atoms with E-state index in [-0.39, 0.29) is 36.7 Å². The van der Waals surface area contributed by atoms with Gasteiger partial charge in [-0.2, -0.15) is 0 Å². The Morgan fingerprint density at radius 2 is 1.34 bits per heavy atom. The molecule has 4 aliphatic carbocycles. The molecule has 6 rings (SSSR count). The first-order chi connectivity index (χ1) is 22.1. The summed E-state index contributed by atoms with van der Waals surface area (Å²) in [5.74, 6) is -1.31. The van der Waals surface area contributed by atoms with E-state index in [0.717, 1.165) is 0 Å². The van der Waals surface area contributed by atoms with Crippen molar-refractivity contribution in [2.75, 3.05) is 19.8 Å². The van der Waals surface area contributed by atoms with Crippen molar-refractivity contribution < 1.29 is 74.8 Å². The van der Waals surface area contributed by atoms with Gasteiger partial charge >= 0.3 is 5.97 Å². The minimum absolute atomic E-state index is 0.0835. The zero-order valence-electron chi connectivity index (χ0n) is 26.9. The van der Waals surface area contributed by atoms with Gasteiger partial charge in [-0.1, -0.05) is 6.92 Å². The third-order valence-corrected chi connectivity index (χ3v) is 13.4. The molecule has 4 saturated carbocycles. The lowest BCUT2D eigenvalue weighted by Crippen LogP contribution is -2.66. The van der Waals surface area contributed by atoms with Gasteiger partial charge in [-0.25, -0.2) is 0 Å². The predicted octanol–water partition coefficient (Wildman–Crippen LogP) is -2.74. The summed E-state index contributed by atoms with van der Waals surface area (Å²) < 4.78 is 23.5. The molecule has 1 spiro atoms. The number of aliphatic hydroxyl groups is 10. The van der Waals surface area contributed by atoms with E-state index in [9.17, 15) is 55.9 Å². The zero-order chi connectivity index (χ0) is 34.3. The molecule has 2 bridgehead atoms. The minimum Gasteiger partial charge on any atom is -0.432 e. The summed E-state index contributed by atoms with van der Waals surface area (Å²) in [6.07, 6.45) is -12.0. The third-order valence-electron chi connectivity index (χ3n) is 13.4. The molecule has 15 nitrogen and oxygen atoms in total. The molecule has 0 amide bonds. The number of carbonyl (C=O) groups excluding carboxylic acids is 1. The lowest BCUT2D eigenvalue weighted by atomic mass is 9.40. The maximum absolute atomic E-state index is 14.2. The van der Waals surface area contributed by atoms with Crippen molar-refractivity contribution in [2.24, 2.45) is 34.0 Å². The van der Waals surface area contributed by atoms with Crippen molar-refractivity contribution in [3.63, 3.8) is 0 Å². The topological polar surface area (TPSA) is 256 Å². The van der Waals surface area contributed by atoms with E-state index in [1.54, 1.807) is 6.92 Å². The molecule has 15 heteroatoms. The summed E-state index contributed by atoms with van der Waals surface area (Å²) in [6.45, 7) is 2.13. The van der Waals surface area contributed by atoms with Gasteiger partial charge in [0.1, 0.15) is 48.8 Å². The molecule has 18 unspecified atom stereocenters. The Labute approximate surface area is 273 Å². The van der Waals surface area contributed by atoms with E-state index >= 15 is 0 Å². The highest BCUT2D eigenvalue weighted by Crippen LogP contribution is 2.73. The van der Waals surface area contributed by atoms with Gasteiger partial charge in [0.25, 0.3) is 0 Å². The van der Waals surface area contributed by atoms with Crippen LogP contribution in [0.5, 0.6) is 0 Å². The molecule has 270 valence electrons. The fraction of sp³-hybridized carbons (Fsp3) is 0.969. The number of carbonyl (C=O) groups is 1. The van der Waals surface area contributed by atoms with Gasteiger partial charge in [0, 0.05) is 5.41 Å². The summed E-state index contributed by atoms with van der Waals surface area (Å²) >= 11 is 0. The first-order valence-electron chi connectivity index (χ1n) is 16.9. The Balaban J connectivity index is 1.33. The number of aliphatic hydroxyl groups excluding tert-OH is 9. The van der Waals surface area contributed by atoms with E-state index in [4.69, 9.17) is 18.9 Å². The molecule has 2 aliphatic heterocycles. The normalized spacial score (nSPS) is 56.0. The van der Waals surface area contributed by atoms with Gasteiger partial charge in [0.15, 0.2) is 6.29 Å². The van der Waals surface area contributed by atoms with Crippen molar-refractivity contribution in [1.82, 2.24) is 0 Å². The summed E-state index contributed by atoms with van der Waals surface area (Å²) in [6, 6.07) is 0. The van der Waals surface area contributed by atoms with Gasteiger partial charge < -0.3 is 70.0 Å². The lowest BCUT2D eigenvalue weighted by Gasteiger charge is -2.66. The molecule has 18 atom stereocenters. The molecule has 0 aromatic carbocycles. The summed E-state index contributed by atoms with van der Waals surface area (Å²) in [5, 5.41) is 104. The second kappa shape index (κ2) is 12.6. The molecule has 47 heavy (non-hydrogen) atoms. The molecule has 6 aliphatic rings. The summed E-state index contributed by atoms with van der Waals surface area (Å²) in [5.41, 5.74) is -3.59. The number of esters is 1. The smallest absolute Gasteiger partial charge is 0.314 e. The van der Waals surface area contributed by atoms with E-state index in [0.29, 0.717) is 38.5 Å². The van der Waals surface area contributed by atoms with Crippen LogP contribution in [0, 0.1) is 34.0 Å². The van der Waals surface area contributed by atoms with Crippen molar-refractivity contribution in [2.45, 2.75) is 138 Å². The Morgan fingerprint density at radius 3 is 1.94 bits per heavy atom. The monoisotopic (exact) mass is 676 g/mol. The second-order valence-electron chi connectivity index (χ2n) is 15.7. The Morgan fingerprint density at radius 1 is 0.745 bits per heavy atom. The first kappa shape index (κ1) is 35.8. The fourth-order valence-electron chi connectivity index (χ4n) is 10.9. The van der Waals surface area contributed by atoms with E-state index in [1.807, 2.05) is 6.92 Å². The van der Waals surface area contributed by atoms with Crippen LogP contribution in [0.2, 0.25) is 0 Å². The third kappa shape index (κ3) is 5.40. The van der Waals surface area contributed by atoms with E-state index in [1.165, 1.54) is 0 Å². The van der Waals surface area contributed by atoms with Gasteiger partial charge in [0.05, 0.1) is 36.9 Å². The average Bonchev–Trinajstić information content (AvgIpc) is 3.26. The highest BCUT2D eigenvalue weighted by molar-refractivity contribution is 5.77. The van der Waals surface area contributed by atoms with Crippen LogP contribution in [0.25, 0.3) is 0 Å². The highest BCUT2D eigenvalue weighted by Gasteiger charge is 2.71. The number of rotatable bonds is 7. The van der Waals surface area contributed by atoms with E-state index < -0.39 is 109 Å². The SMILES string of the molecule is CC1(C(=O)OC2OC(CO)C(O)C(O)C2O)CCC(OC2OC(CO)C(O)C(O)C2O)C2(C)C3CCC4CC3(CCC12)CC4(O)CO. The van der Waals surface area contributed by atoms with Crippen LogP contribution < -0.4 is 0 Å². The molecule has 2 saturated heterocycles. The standard InChI is InChI=1S/C32H52O15/c1-29(28(42)47-27-25(41)23(39)21(37)16(11-34)45-27)7-6-19(46-26-24(40)22(38)20(36)15(10-33)44-26)30(2)17(29)5-8-31-9-14(3-4-18(30)31)32(43,12-31)13-35/h14-27,33-41,43H,3-13H2,1-2H3. The molecule has 0 aromatic rings. The quantitative estimate of drug-likeness (QED) is 0.123. The molecule has 0 aromatic heterocycles. The van der Waals surface area contributed by atoms with Crippen molar-refractivity contribution in [3.05, 3.63) is 0 Å². The van der Waals surface area contributed by atoms with Crippen LogP contribution in [-0.4, -0.2) is 150 Å². The molecule has 6 fully saturated rings. The van der Waals surface area contributed by atoms with Crippen LogP contribution in [-0.2, 0) is 23.7 Å². The Bertz CT molecular complexity index is 1160. The summed E-state index contributed by atoms with van der Waals surface area (Å²) in [7, 11) is 0. The van der Waals surface area contributed by atoms with Gasteiger partial charge in [-0.15, -0.1) is 0 Å².